The van der Waals surface area contributed by atoms with Gasteiger partial charge in [0, 0.05) is 23.3 Å². The van der Waals surface area contributed by atoms with Crippen LogP contribution in [0, 0.1) is 10.1 Å². The quantitative estimate of drug-likeness (QED) is 0.346. The Balaban J connectivity index is 1.80. The maximum absolute atomic E-state index is 12.6. The molecule has 0 bridgehead atoms. The summed E-state index contributed by atoms with van der Waals surface area (Å²) in [6.07, 6.45) is 1.62. The van der Waals surface area contributed by atoms with E-state index in [4.69, 9.17) is 17.0 Å². The van der Waals surface area contributed by atoms with Gasteiger partial charge in [0.2, 0.25) is 0 Å². The van der Waals surface area contributed by atoms with E-state index in [1.165, 1.54) is 25.3 Å². The molecule has 142 valence electrons. The Morgan fingerprint density at radius 1 is 1.29 bits per heavy atom. The van der Waals surface area contributed by atoms with Gasteiger partial charge in [-0.1, -0.05) is 36.0 Å². The van der Waals surface area contributed by atoms with Crippen molar-refractivity contribution in [3.05, 3.63) is 74.7 Å². The Bertz CT molecular complexity index is 1020. The largest absolute Gasteiger partial charge is 0.496 e. The number of benzene rings is 2. The SMILES string of the molecule is COc1ccccc1/C=C1/SC(=S)N(NC(=O)c2cccc([N+](=O)[O-])c2)C1=O. The van der Waals surface area contributed by atoms with Gasteiger partial charge in [-0.25, -0.2) is 0 Å². The van der Waals surface area contributed by atoms with Crippen molar-refractivity contribution < 1.29 is 19.2 Å². The van der Waals surface area contributed by atoms with Crippen LogP contribution in [-0.4, -0.2) is 33.2 Å². The van der Waals surface area contributed by atoms with E-state index in [0.717, 1.165) is 22.8 Å². The average Bonchev–Trinajstić information content (AvgIpc) is 2.95. The second-order valence-electron chi connectivity index (χ2n) is 5.51. The lowest BCUT2D eigenvalue weighted by molar-refractivity contribution is -0.384. The Morgan fingerprint density at radius 3 is 2.75 bits per heavy atom. The van der Waals surface area contributed by atoms with E-state index < -0.39 is 16.7 Å². The molecule has 0 aromatic heterocycles. The molecule has 3 rings (SSSR count). The van der Waals surface area contributed by atoms with Gasteiger partial charge in [0.15, 0.2) is 4.32 Å². The van der Waals surface area contributed by atoms with E-state index in [-0.39, 0.29) is 15.6 Å². The third-order valence-corrected chi connectivity index (χ3v) is 5.05. The van der Waals surface area contributed by atoms with E-state index in [1.807, 2.05) is 0 Å². The van der Waals surface area contributed by atoms with Gasteiger partial charge in [-0.2, -0.15) is 5.01 Å². The zero-order valence-electron chi connectivity index (χ0n) is 14.4. The van der Waals surface area contributed by atoms with Crippen LogP contribution in [0.1, 0.15) is 15.9 Å². The van der Waals surface area contributed by atoms with Crippen molar-refractivity contribution >= 4 is 51.9 Å². The molecule has 1 heterocycles. The van der Waals surface area contributed by atoms with Crippen LogP contribution >= 0.6 is 24.0 Å². The smallest absolute Gasteiger partial charge is 0.285 e. The number of rotatable bonds is 5. The van der Waals surface area contributed by atoms with Crippen molar-refractivity contribution in [3.63, 3.8) is 0 Å². The molecule has 0 atom stereocenters. The Morgan fingerprint density at radius 2 is 2.04 bits per heavy atom. The highest BCUT2D eigenvalue weighted by molar-refractivity contribution is 8.26. The molecule has 1 saturated heterocycles. The normalized spacial score (nSPS) is 15.0. The predicted molar refractivity (Wildman–Crippen MR) is 109 cm³/mol. The number of hydrazine groups is 1. The number of para-hydroxylation sites is 1. The lowest BCUT2D eigenvalue weighted by Gasteiger charge is -2.15. The van der Waals surface area contributed by atoms with Gasteiger partial charge < -0.3 is 4.74 Å². The van der Waals surface area contributed by atoms with Crippen molar-refractivity contribution in [3.8, 4) is 5.75 Å². The van der Waals surface area contributed by atoms with E-state index >= 15 is 0 Å². The van der Waals surface area contributed by atoms with Gasteiger partial charge in [-0.05, 0) is 30.4 Å². The number of hydrogen-bond donors (Lipinski definition) is 1. The molecule has 0 radical (unpaired) electrons. The number of nitrogens with one attached hydrogen (secondary N) is 1. The Hall–Kier alpha value is -3.24. The Kier molecular flexibility index (Phi) is 5.71. The maximum atomic E-state index is 12.6. The minimum Gasteiger partial charge on any atom is -0.496 e. The molecule has 1 fully saturated rings. The molecular formula is C18H13N3O5S2. The van der Waals surface area contributed by atoms with Crippen LogP contribution in [-0.2, 0) is 4.79 Å². The van der Waals surface area contributed by atoms with Crippen LogP contribution in [0.5, 0.6) is 5.75 Å². The zero-order chi connectivity index (χ0) is 20.3. The van der Waals surface area contributed by atoms with Crippen LogP contribution < -0.4 is 10.2 Å². The first-order chi connectivity index (χ1) is 13.4. The van der Waals surface area contributed by atoms with Gasteiger partial charge in [0.1, 0.15) is 5.75 Å². The number of non-ortho nitro benzene ring substituents is 1. The summed E-state index contributed by atoms with van der Waals surface area (Å²) in [4.78, 5) is 35.6. The summed E-state index contributed by atoms with van der Waals surface area (Å²) in [5.41, 5.74) is 2.89. The van der Waals surface area contributed by atoms with Gasteiger partial charge in [0.05, 0.1) is 16.9 Å². The number of methoxy groups -OCH3 is 1. The first-order valence-corrected chi connectivity index (χ1v) is 9.09. The molecule has 10 heteroatoms. The lowest BCUT2D eigenvalue weighted by atomic mass is 10.2. The number of ether oxygens (including phenoxy) is 1. The highest BCUT2D eigenvalue weighted by Gasteiger charge is 2.34. The molecule has 0 saturated carbocycles. The van der Waals surface area contributed by atoms with Crippen molar-refractivity contribution in [2.75, 3.05) is 7.11 Å². The number of carbonyl (C=O) groups is 2. The van der Waals surface area contributed by atoms with Crippen LogP contribution in [0.2, 0.25) is 0 Å². The summed E-state index contributed by atoms with van der Waals surface area (Å²) in [6.45, 7) is 0. The van der Waals surface area contributed by atoms with Crippen LogP contribution in [0.3, 0.4) is 0 Å². The highest BCUT2D eigenvalue weighted by atomic mass is 32.2. The molecular weight excluding hydrogens is 402 g/mol. The fraction of sp³-hybridized carbons (Fsp3) is 0.0556. The average molecular weight is 415 g/mol. The van der Waals surface area contributed by atoms with E-state index in [9.17, 15) is 19.7 Å². The summed E-state index contributed by atoms with van der Waals surface area (Å²) in [5.74, 6) is -0.591. The number of thioether (sulfide) groups is 1. The second-order valence-corrected chi connectivity index (χ2v) is 7.18. The summed E-state index contributed by atoms with van der Waals surface area (Å²) in [7, 11) is 1.52. The first kappa shape index (κ1) is 19.5. The molecule has 8 nitrogen and oxygen atoms in total. The van der Waals surface area contributed by atoms with Crippen LogP contribution in [0.25, 0.3) is 6.08 Å². The topological polar surface area (TPSA) is 102 Å². The second kappa shape index (κ2) is 8.19. The van der Waals surface area contributed by atoms with Gasteiger partial charge >= 0.3 is 0 Å². The molecule has 0 unspecified atom stereocenters. The van der Waals surface area contributed by atoms with Crippen molar-refractivity contribution in [2.24, 2.45) is 0 Å². The summed E-state index contributed by atoms with van der Waals surface area (Å²) in [6, 6.07) is 12.3. The van der Waals surface area contributed by atoms with Gasteiger partial charge in [-0.3, -0.25) is 25.1 Å². The number of nitrogens with zero attached hydrogens (tertiary/aromatic N) is 2. The number of carbonyl (C=O) groups excluding carboxylic acids is 2. The van der Waals surface area contributed by atoms with Crippen molar-refractivity contribution in [1.29, 1.82) is 0 Å². The van der Waals surface area contributed by atoms with Gasteiger partial charge in [0.25, 0.3) is 17.5 Å². The number of thiocarbonyl (C=S) groups is 1. The van der Waals surface area contributed by atoms with Crippen molar-refractivity contribution in [2.45, 2.75) is 0 Å². The summed E-state index contributed by atoms with van der Waals surface area (Å²) in [5, 5.41) is 11.8. The predicted octanol–water partition coefficient (Wildman–Crippen LogP) is 3.15. The van der Waals surface area contributed by atoms with E-state index in [2.05, 4.69) is 5.43 Å². The standard InChI is InChI=1S/C18H13N3O5S2/c1-26-14-8-3-2-5-11(14)10-15-17(23)20(18(27)28-15)19-16(22)12-6-4-7-13(9-12)21(24)25/h2-10H,1H3,(H,19,22)/b15-10+. The molecule has 28 heavy (non-hydrogen) atoms. The van der Waals surface area contributed by atoms with Crippen LogP contribution in [0.15, 0.2) is 53.4 Å². The molecule has 0 aliphatic carbocycles. The molecule has 1 aliphatic heterocycles. The number of nitro benzene ring substituents is 1. The Labute approximate surface area is 169 Å². The fourth-order valence-electron chi connectivity index (χ4n) is 2.42. The monoisotopic (exact) mass is 415 g/mol. The third-order valence-electron chi connectivity index (χ3n) is 3.75. The molecule has 2 aromatic carbocycles. The number of amides is 2. The van der Waals surface area contributed by atoms with E-state index in [0.29, 0.717) is 16.2 Å². The number of hydrogen-bond acceptors (Lipinski definition) is 7. The minimum atomic E-state index is -0.682. The molecule has 1 aliphatic rings. The molecule has 1 N–H and O–H groups in total. The van der Waals surface area contributed by atoms with E-state index in [1.54, 1.807) is 30.3 Å². The lowest BCUT2D eigenvalue weighted by Crippen LogP contribution is -2.44. The number of nitro groups is 1. The molecule has 2 aromatic rings. The zero-order valence-corrected chi connectivity index (χ0v) is 16.1. The van der Waals surface area contributed by atoms with Crippen molar-refractivity contribution in [1.82, 2.24) is 10.4 Å². The maximum Gasteiger partial charge on any atom is 0.285 e. The fourth-order valence-corrected chi connectivity index (χ4v) is 3.59. The third kappa shape index (κ3) is 4.02. The minimum absolute atomic E-state index is 0.0389. The van der Waals surface area contributed by atoms with Gasteiger partial charge in [-0.15, -0.1) is 0 Å². The molecule has 0 spiro atoms. The summed E-state index contributed by atoms with van der Waals surface area (Å²) >= 11 is 6.21. The summed E-state index contributed by atoms with van der Waals surface area (Å²) < 4.78 is 5.40. The highest BCUT2D eigenvalue weighted by Crippen LogP contribution is 2.33. The first-order valence-electron chi connectivity index (χ1n) is 7.87. The van der Waals surface area contributed by atoms with Crippen LogP contribution in [0.4, 0.5) is 5.69 Å². The molecule has 2 amide bonds.